The first-order valence-corrected chi connectivity index (χ1v) is 11.5. The van der Waals surface area contributed by atoms with Gasteiger partial charge in [-0.1, -0.05) is 54.2 Å². The van der Waals surface area contributed by atoms with E-state index in [4.69, 9.17) is 39.5 Å². The number of carbonyl (C=O) groups excluding carboxylic acids is 3. The van der Waals surface area contributed by atoms with Crippen molar-refractivity contribution in [2.75, 3.05) is 4.90 Å². The van der Waals surface area contributed by atoms with E-state index in [1.54, 1.807) is 32.0 Å². The molecule has 0 saturated heterocycles. The number of esters is 1. The second-order valence-electron chi connectivity index (χ2n) is 8.20. The standard InChI is InChI=1S/C24H24Cl3NO6/c1-4-9-24(2,3)34-23(33)20(29)12-21(30)28(13-14-5-8-17(25)19(27)10-14)15-6-7-16(22(31)32)18(26)11-15/h5-8,10-11H,4,9,12-13H2,1-3H3,(H,31,32). The number of halogens is 3. The molecule has 0 unspecified atom stereocenters. The highest BCUT2D eigenvalue weighted by atomic mass is 35.5. The molecule has 1 amide bonds. The highest BCUT2D eigenvalue weighted by Crippen LogP contribution is 2.28. The molecule has 0 spiro atoms. The summed E-state index contributed by atoms with van der Waals surface area (Å²) in [5, 5.41) is 9.72. The van der Waals surface area contributed by atoms with Gasteiger partial charge in [0.05, 0.1) is 33.6 Å². The van der Waals surface area contributed by atoms with Crippen molar-refractivity contribution in [3.05, 3.63) is 62.6 Å². The van der Waals surface area contributed by atoms with Gasteiger partial charge >= 0.3 is 11.9 Å². The Morgan fingerprint density at radius 3 is 2.21 bits per heavy atom. The first-order chi connectivity index (χ1) is 15.8. The van der Waals surface area contributed by atoms with Gasteiger partial charge in [0.1, 0.15) is 5.60 Å². The van der Waals surface area contributed by atoms with Crippen LogP contribution in [-0.4, -0.2) is 34.3 Å². The highest BCUT2D eigenvalue weighted by Gasteiger charge is 2.29. The number of hydrogen-bond acceptors (Lipinski definition) is 5. The maximum Gasteiger partial charge on any atom is 0.375 e. The Hall–Kier alpha value is -2.61. The van der Waals surface area contributed by atoms with Gasteiger partial charge in [0, 0.05) is 5.69 Å². The Morgan fingerprint density at radius 1 is 0.971 bits per heavy atom. The zero-order chi connectivity index (χ0) is 25.6. The highest BCUT2D eigenvalue weighted by molar-refractivity contribution is 6.42. The monoisotopic (exact) mass is 527 g/mol. The SMILES string of the molecule is CCCC(C)(C)OC(=O)C(=O)CC(=O)N(Cc1ccc(Cl)c(Cl)c1)c1ccc(C(=O)O)c(Cl)c1. The number of ether oxygens (including phenoxy) is 1. The van der Waals surface area contributed by atoms with E-state index in [-0.39, 0.29) is 27.8 Å². The van der Waals surface area contributed by atoms with Crippen LogP contribution in [0.2, 0.25) is 15.1 Å². The van der Waals surface area contributed by atoms with Crippen LogP contribution in [0.25, 0.3) is 0 Å². The van der Waals surface area contributed by atoms with Crippen molar-refractivity contribution in [2.45, 2.75) is 52.2 Å². The number of anilines is 1. The number of carboxylic acids is 1. The summed E-state index contributed by atoms with van der Waals surface area (Å²) in [5.74, 6) is -4.03. The summed E-state index contributed by atoms with van der Waals surface area (Å²) in [4.78, 5) is 50.4. The molecule has 2 aromatic carbocycles. The normalized spacial score (nSPS) is 11.1. The number of amides is 1. The molecule has 0 atom stereocenters. The zero-order valence-corrected chi connectivity index (χ0v) is 21.1. The van der Waals surface area contributed by atoms with Gasteiger partial charge < -0.3 is 14.7 Å². The predicted octanol–water partition coefficient (Wildman–Crippen LogP) is 5.96. The van der Waals surface area contributed by atoms with Gasteiger partial charge in [0.25, 0.3) is 0 Å². The van der Waals surface area contributed by atoms with Crippen LogP contribution in [0.5, 0.6) is 0 Å². The molecule has 2 aromatic rings. The Bertz CT molecular complexity index is 1120. The zero-order valence-electron chi connectivity index (χ0n) is 18.9. The van der Waals surface area contributed by atoms with Crippen LogP contribution in [0.1, 0.15) is 56.0 Å². The molecular weight excluding hydrogens is 505 g/mol. The number of benzene rings is 2. The summed E-state index contributed by atoms with van der Waals surface area (Å²) in [6.45, 7) is 5.25. The van der Waals surface area contributed by atoms with Crippen LogP contribution < -0.4 is 4.90 Å². The third-order valence-corrected chi connectivity index (χ3v) is 5.93. The average Bonchev–Trinajstić information content (AvgIpc) is 2.73. The fourth-order valence-corrected chi connectivity index (χ4v) is 3.83. The molecule has 0 bridgehead atoms. The fraction of sp³-hybridized carbons (Fsp3) is 0.333. The van der Waals surface area contributed by atoms with Gasteiger partial charge in [-0.2, -0.15) is 0 Å². The minimum atomic E-state index is -1.23. The smallest absolute Gasteiger partial charge is 0.375 e. The molecule has 0 fully saturated rings. The quantitative estimate of drug-likeness (QED) is 0.232. The Morgan fingerprint density at radius 2 is 1.65 bits per heavy atom. The number of aromatic carboxylic acids is 1. The first kappa shape index (κ1) is 27.6. The van der Waals surface area contributed by atoms with Gasteiger partial charge in [0.2, 0.25) is 11.7 Å². The van der Waals surface area contributed by atoms with Gasteiger partial charge in [-0.25, -0.2) is 9.59 Å². The largest absolute Gasteiger partial charge is 0.478 e. The van der Waals surface area contributed by atoms with Crippen molar-refractivity contribution < 1.29 is 29.0 Å². The van der Waals surface area contributed by atoms with E-state index in [0.29, 0.717) is 17.0 Å². The topological polar surface area (TPSA) is 101 Å². The second kappa shape index (κ2) is 11.7. The van der Waals surface area contributed by atoms with Gasteiger partial charge in [-0.15, -0.1) is 0 Å². The third kappa shape index (κ3) is 7.45. The van der Waals surface area contributed by atoms with E-state index in [1.165, 1.54) is 23.1 Å². The lowest BCUT2D eigenvalue weighted by Gasteiger charge is -2.25. The van der Waals surface area contributed by atoms with Crippen molar-refractivity contribution in [2.24, 2.45) is 0 Å². The molecule has 0 saturated carbocycles. The summed E-state index contributed by atoms with van der Waals surface area (Å²) in [5.41, 5.74) is -0.172. The molecule has 0 aliphatic carbocycles. The van der Waals surface area contributed by atoms with Crippen LogP contribution in [0.4, 0.5) is 5.69 Å². The van der Waals surface area contributed by atoms with Crippen LogP contribution in [-0.2, 0) is 25.7 Å². The lowest BCUT2D eigenvalue weighted by atomic mass is 10.0. The number of rotatable bonds is 10. The number of carboxylic acid groups (broad SMARTS) is 1. The molecule has 0 heterocycles. The maximum atomic E-state index is 13.1. The van der Waals surface area contributed by atoms with Gasteiger partial charge in [-0.05, 0) is 56.2 Å². The van der Waals surface area contributed by atoms with Crippen molar-refractivity contribution in [3.8, 4) is 0 Å². The molecule has 0 aliphatic rings. The molecule has 2 rings (SSSR count). The molecule has 0 aromatic heterocycles. The minimum absolute atomic E-state index is 0.0396. The summed E-state index contributed by atoms with van der Waals surface area (Å²) >= 11 is 18.1. The van der Waals surface area contributed by atoms with E-state index in [2.05, 4.69) is 0 Å². The molecule has 182 valence electrons. The minimum Gasteiger partial charge on any atom is -0.478 e. The molecular formula is C24H24Cl3NO6. The number of carbonyl (C=O) groups is 4. The predicted molar refractivity (Wildman–Crippen MR) is 131 cm³/mol. The summed E-state index contributed by atoms with van der Waals surface area (Å²) in [6.07, 6.45) is 0.552. The number of nitrogens with zero attached hydrogens (tertiary/aromatic N) is 1. The van der Waals surface area contributed by atoms with E-state index in [1.807, 2.05) is 6.92 Å². The average molecular weight is 529 g/mol. The van der Waals surface area contributed by atoms with E-state index >= 15 is 0 Å². The van der Waals surface area contributed by atoms with Crippen molar-refractivity contribution >= 4 is 64.1 Å². The van der Waals surface area contributed by atoms with E-state index in [0.717, 1.165) is 6.42 Å². The molecule has 34 heavy (non-hydrogen) atoms. The maximum absolute atomic E-state index is 13.1. The molecule has 0 radical (unpaired) electrons. The van der Waals surface area contributed by atoms with Crippen molar-refractivity contribution in [3.63, 3.8) is 0 Å². The summed E-state index contributed by atoms with van der Waals surface area (Å²) < 4.78 is 5.26. The Labute approximate surface area is 212 Å². The fourth-order valence-electron chi connectivity index (χ4n) is 3.26. The van der Waals surface area contributed by atoms with E-state index in [9.17, 15) is 24.3 Å². The van der Waals surface area contributed by atoms with Crippen LogP contribution in [0, 0.1) is 0 Å². The van der Waals surface area contributed by atoms with Crippen LogP contribution in [0.3, 0.4) is 0 Å². The lowest BCUT2D eigenvalue weighted by Crippen LogP contribution is -2.36. The first-order valence-electron chi connectivity index (χ1n) is 10.4. The molecule has 10 heteroatoms. The summed E-state index contributed by atoms with van der Waals surface area (Å²) in [7, 11) is 0. The lowest BCUT2D eigenvalue weighted by molar-refractivity contribution is -0.164. The summed E-state index contributed by atoms with van der Waals surface area (Å²) in [6, 6.07) is 8.69. The van der Waals surface area contributed by atoms with Crippen molar-refractivity contribution in [1.29, 1.82) is 0 Å². The van der Waals surface area contributed by atoms with Gasteiger partial charge in [-0.3, -0.25) is 9.59 Å². The van der Waals surface area contributed by atoms with Gasteiger partial charge in [0.15, 0.2) is 0 Å². The van der Waals surface area contributed by atoms with Crippen LogP contribution >= 0.6 is 34.8 Å². The number of ketones is 1. The Kier molecular flexibility index (Phi) is 9.50. The number of Topliss-reactive ketones (excluding diaryl/α,β-unsaturated/α-hetero) is 1. The molecule has 7 nitrogen and oxygen atoms in total. The molecule has 1 N–H and O–H groups in total. The van der Waals surface area contributed by atoms with Crippen LogP contribution in [0.15, 0.2) is 36.4 Å². The Balaban J connectivity index is 2.33. The molecule has 0 aliphatic heterocycles. The van der Waals surface area contributed by atoms with E-state index < -0.39 is 35.7 Å². The second-order valence-corrected chi connectivity index (χ2v) is 9.42. The van der Waals surface area contributed by atoms with Crippen molar-refractivity contribution in [1.82, 2.24) is 0 Å². The third-order valence-electron chi connectivity index (χ3n) is 4.88. The number of hydrogen-bond donors (Lipinski definition) is 1.